The molecule has 2 heterocycles. The second kappa shape index (κ2) is 11.2. The third kappa shape index (κ3) is 4.88. The molecule has 50 heavy (non-hydrogen) atoms. The molecule has 4 nitrogen and oxygen atoms in total. The largest absolute Gasteiger partial charge is 0.309 e. The predicted molar refractivity (Wildman–Crippen MR) is 209 cm³/mol. The van der Waals surface area contributed by atoms with E-state index in [0.717, 1.165) is 55.3 Å². The van der Waals surface area contributed by atoms with Gasteiger partial charge < -0.3 is 9.13 Å². The van der Waals surface area contributed by atoms with Crippen LogP contribution in [-0.4, -0.2) is 9.13 Å². The van der Waals surface area contributed by atoms with Gasteiger partial charge in [0, 0.05) is 38.5 Å². The Morgan fingerprint density at radius 1 is 0.540 bits per heavy atom. The maximum absolute atomic E-state index is 9.73. The van der Waals surface area contributed by atoms with Gasteiger partial charge in [-0.2, -0.15) is 5.26 Å². The number of hydrogen-bond donors (Lipinski definition) is 0. The Hall–Kier alpha value is -6.10. The highest BCUT2D eigenvalue weighted by Crippen LogP contribution is 2.45. The van der Waals surface area contributed by atoms with Gasteiger partial charge in [0.2, 0.25) is 0 Å². The molecule has 0 aliphatic rings. The Balaban J connectivity index is 1.56. The van der Waals surface area contributed by atoms with Crippen molar-refractivity contribution >= 4 is 49.3 Å². The monoisotopic (exact) mass is 646 g/mol. The molecular weight excluding hydrogens is 609 g/mol. The van der Waals surface area contributed by atoms with Crippen LogP contribution in [0.25, 0.3) is 71.0 Å². The Labute approximate surface area is 293 Å². The van der Waals surface area contributed by atoms with Gasteiger partial charge in [0.1, 0.15) is 0 Å². The van der Waals surface area contributed by atoms with Gasteiger partial charge in [-0.25, -0.2) is 4.85 Å². The van der Waals surface area contributed by atoms with Crippen LogP contribution < -0.4 is 0 Å². The fraction of sp³-hybridized carbons (Fsp3) is 0.174. The first-order valence-corrected chi connectivity index (χ1v) is 17.1. The number of benzene rings is 6. The maximum Gasteiger partial charge on any atom is 0.196 e. The zero-order chi connectivity index (χ0) is 34.9. The molecule has 0 atom stereocenters. The zero-order valence-corrected chi connectivity index (χ0v) is 29.3. The number of hydrogen-bond acceptors (Lipinski definition) is 1. The van der Waals surface area contributed by atoms with Crippen LogP contribution in [0.2, 0.25) is 0 Å². The number of nitrogens with zero attached hydrogens (tertiary/aromatic N) is 4. The van der Waals surface area contributed by atoms with Crippen LogP contribution in [0.3, 0.4) is 0 Å². The van der Waals surface area contributed by atoms with Gasteiger partial charge in [-0.3, -0.25) is 0 Å². The average Bonchev–Trinajstić information content (AvgIpc) is 3.63. The summed E-state index contributed by atoms with van der Waals surface area (Å²) in [5.74, 6) is 0. The molecule has 4 heteroatoms. The molecule has 6 aromatic carbocycles. The lowest BCUT2D eigenvalue weighted by molar-refractivity contribution is 0.590. The van der Waals surface area contributed by atoms with E-state index in [4.69, 9.17) is 6.57 Å². The highest BCUT2D eigenvalue weighted by atomic mass is 15.0. The van der Waals surface area contributed by atoms with Crippen molar-refractivity contribution in [1.29, 1.82) is 5.26 Å². The van der Waals surface area contributed by atoms with E-state index in [1.165, 1.54) is 21.9 Å². The number of rotatable bonds is 3. The lowest BCUT2D eigenvalue weighted by atomic mass is 9.85. The quantitative estimate of drug-likeness (QED) is 0.176. The molecule has 8 aromatic rings. The first-order chi connectivity index (χ1) is 24.0. The Kier molecular flexibility index (Phi) is 7.00. The summed E-state index contributed by atoms with van der Waals surface area (Å²) in [6.45, 7) is 21.8. The van der Waals surface area contributed by atoms with Gasteiger partial charge >= 0.3 is 0 Å². The van der Waals surface area contributed by atoms with E-state index in [-0.39, 0.29) is 10.8 Å². The van der Waals surface area contributed by atoms with Gasteiger partial charge in [0.15, 0.2) is 5.69 Å². The van der Waals surface area contributed by atoms with E-state index < -0.39 is 0 Å². The van der Waals surface area contributed by atoms with Crippen molar-refractivity contribution in [3.05, 3.63) is 149 Å². The van der Waals surface area contributed by atoms with Gasteiger partial charge in [0.25, 0.3) is 0 Å². The minimum atomic E-state index is 0.00134. The van der Waals surface area contributed by atoms with Gasteiger partial charge in [-0.1, -0.05) is 96.1 Å². The predicted octanol–water partition coefficient (Wildman–Crippen LogP) is 12.6. The van der Waals surface area contributed by atoms with Crippen LogP contribution in [0.4, 0.5) is 5.69 Å². The van der Waals surface area contributed by atoms with E-state index in [0.29, 0.717) is 11.3 Å². The molecule has 0 spiro atoms. The normalized spacial score (nSPS) is 12.2. The number of aromatic nitrogens is 2. The molecule has 0 unspecified atom stereocenters. The molecule has 0 amide bonds. The first-order valence-electron chi connectivity index (χ1n) is 17.1. The van der Waals surface area contributed by atoms with Gasteiger partial charge in [0.05, 0.1) is 34.7 Å². The highest BCUT2D eigenvalue weighted by Gasteiger charge is 2.24. The highest BCUT2D eigenvalue weighted by molar-refractivity contribution is 6.16. The van der Waals surface area contributed by atoms with E-state index in [2.05, 4.69) is 159 Å². The number of nitriles is 1. The van der Waals surface area contributed by atoms with Crippen LogP contribution in [0.5, 0.6) is 0 Å². The third-order valence-corrected chi connectivity index (χ3v) is 10.1. The van der Waals surface area contributed by atoms with Crippen molar-refractivity contribution in [1.82, 2.24) is 9.13 Å². The van der Waals surface area contributed by atoms with E-state index in [1.54, 1.807) is 6.07 Å². The molecule has 242 valence electrons. The van der Waals surface area contributed by atoms with Crippen LogP contribution in [0, 0.1) is 17.9 Å². The topological polar surface area (TPSA) is 38.0 Å². The summed E-state index contributed by atoms with van der Waals surface area (Å²) in [5.41, 5.74) is 11.8. The molecule has 2 aromatic heterocycles. The molecule has 0 fully saturated rings. The molecule has 0 N–H and O–H groups in total. The molecule has 0 bridgehead atoms. The van der Waals surface area contributed by atoms with Crippen molar-refractivity contribution in [2.24, 2.45) is 0 Å². The fourth-order valence-electron chi connectivity index (χ4n) is 7.42. The standard InChI is InChI=1S/C46H38N4/c1-45(2,3)30-18-21-42-36(24-30)37-25-31(46(4,5)6)19-22-43(37)49(42)33-26-38(34-20-17-29(28-47)23-40(34)48-7)44-39(27-33)35-15-11-12-16-41(35)50(44)32-13-9-8-10-14-32/h8-27H,1-6H3. The summed E-state index contributed by atoms with van der Waals surface area (Å²) in [7, 11) is 0. The SMILES string of the molecule is [C-]#[N+]c1cc(C#N)ccc1-c1cc(-n2c3ccc(C(C)(C)C)cc3c3cc(C(C)(C)C)ccc32)cc2c3ccccc3n(-c3ccccc3)c12. The molecular formula is C46H38N4. The van der Waals surface area contributed by atoms with Crippen LogP contribution >= 0.6 is 0 Å². The van der Waals surface area contributed by atoms with Crippen molar-refractivity contribution < 1.29 is 0 Å². The summed E-state index contributed by atoms with van der Waals surface area (Å²) >= 11 is 0. The van der Waals surface area contributed by atoms with Gasteiger partial charge in [-0.15, -0.1) is 0 Å². The van der Waals surface area contributed by atoms with Crippen LogP contribution in [0.1, 0.15) is 58.2 Å². The van der Waals surface area contributed by atoms with Crippen molar-refractivity contribution in [3.8, 4) is 28.6 Å². The number of fused-ring (bicyclic) bond motifs is 6. The molecule has 0 aliphatic heterocycles. The summed E-state index contributed by atoms with van der Waals surface area (Å²) in [4.78, 5) is 3.96. The lowest BCUT2D eigenvalue weighted by Gasteiger charge is -2.19. The minimum Gasteiger partial charge on any atom is -0.309 e. The molecule has 0 aliphatic carbocycles. The zero-order valence-electron chi connectivity index (χ0n) is 29.3. The summed E-state index contributed by atoms with van der Waals surface area (Å²) < 4.78 is 4.70. The second-order valence-electron chi connectivity index (χ2n) is 15.3. The first kappa shape index (κ1) is 31.2. The molecule has 0 radical (unpaired) electrons. The van der Waals surface area contributed by atoms with Crippen molar-refractivity contribution in [2.75, 3.05) is 0 Å². The average molecular weight is 647 g/mol. The Morgan fingerprint density at radius 2 is 1.14 bits per heavy atom. The van der Waals surface area contributed by atoms with Gasteiger partial charge in [-0.05, 0) is 99.8 Å². The minimum absolute atomic E-state index is 0.00134. The Bertz CT molecular complexity index is 2660. The number of para-hydroxylation sites is 2. The molecule has 8 rings (SSSR count). The van der Waals surface area contributed by atoms with Crippen LogP contribution in [0.15, 0.2) is 121 Å². The Morgan fingerprint density at radius 3 is 1.74 bits per heavy atom. The third-order valence-electron chi connectivity index (χ3n) is 10.1. The fourth-order valence-corrected chi connectivity index (χ4v) is 7.42. The molecule has 0 saturated carbocycles. The molecule has 0 saturated heterocycles. The van der Waals surface area contributed by atoms with Crippen LogP contribution in [-0.2, 0) is 10.8 Å². The summed E-state index contributed by atoms with van der Waals surface area (Å²) in [6, 6.07) is 45.0. The summed E-state index contributed by atoms with van der Waals surface area (Å²) in [6.07, 6.45) is 0. The van der Waals surface area contributed by atoms with E-state index >= 15 is 0 Å². The maximum atomic E-state index is 9.73. The second-order valence-corrected chi connectivity index (χ2v) is 15.3. The van der Waals surface area contributed by atoms with Crippen molar-refractivity contribution in [2.45, 2.75) is 52.4 Å². The summed E-state index contributed by atoms with van der Waals surface area (Å²) in [5, 5.41) is 14.4. The lowest BCUT2D eigenvalue weighted by Crippen LogP contribution is -2.10. The smallest absolute Gasteiger partial charge is 0.196 e. The van der Waals surface area contributed by atoms with Crippen molar-refractivity contribution in [3.63, 3.8) is 0 Å². The van der Waals surface area contributed by atoms with E-state index in [9.17, 15) is 5.26 Å². The van der Waals surface area contributed by atoms with E-state index in [1.807, 2.05) is 18.2 Å².